The summed E-state index contributed by atoms with van der Waals surface area (Å²) < 4.78 is 0. The summed E-state index contributed by atoms with van der Waals surface area (Å²) in [6.45, 7) is 6.29. The molecule has 0 bridgehead atoms. The summed E-state index contributed by atoms with van der Waals surface area (Å²) in [7, 11) is 0. The Hall–Kier alpha value is -1.16. The zero-order chi connectivity index (χ0) is 10.3. The quantitative estimate of drug-likeness (QED) is 0.722. The third-order valence-electron chi connectivity index (χ3n) is 2.18. The fraction of sp³-hybridized carbons (Fsp3) is 0.400. The van der Waals surface area contributed by atoms with Crippen LogP contribution in [0.3, 0.4) is 0 Å². The van der Waals surface area contributed by atoms with Gasteiger partial charge in [-0.1, -0.05) is 20.8 Å². The minimum absolute atomic E-state index is 0.00567. The molecule has 14 heavy (non-hydrogen) atoms. The molecule has 0 amide bonds. The van der Waals surface area contributed by atoms with E-state index < -0.39 is 0 Å². The molecule has 0 atom stereocenters. The van der Waals surface area contributed by atoms with Gasteiger partial charge in [-0.3, -0.25) is 4.79 Å². The third kappa shape index (κ3) is 1.35. The molecule has 4 heteroatoms. The van der Waals surface area contributed by atoms with Gasteiger partial charge in [0.15, 0.2) is 0 Å². The van der Waals surface area contributed by atoms with Crippen LogP contribution < -0.4 is 5.56 Å². The summed E-state index contributed by atoms with van der Waals surface area (Å²) in [4.78, 5) is 19.2. The number of aromatic nitrogens is 2. The first-order valence-corrected chi connectivity index (χ1v) is 5.33. The van der Waals surface area contributed by atoms with Crippen molar-refractivity contribution in [1.82, 2.24) is 9.97 Å². The summed E-state index contributed by atoms with van der Waals surface area (Å²) in [5, 5.41) is 2.76. The number of aromatic amines is 1. The molecule has 1 N–H and O–H groups in total. The molecule has 0 saturated heterocycles. The van der Waals surface area contributed by atoms with E-state index >= 15 is 0 Å². The Morgan fingerprint density at radius 3 is 2.79 bits per heavy atom. The number of thiophene rings is 1. The van der Waals surface area contributed by atoms with Gasteiger partial charge in [0, 0.05) is 0 Å². The Bertz CT molecular complexity index is 519. The smallest absolute Gasteiger partial charge is 0.259 e. The summed E-state index contributed by atoms with van der Waals surface area (Å²) >= 11 is 1.52. The lowest BCUT2D eigenvalue weighted by atomic mass is 9.87. The van der Waals surface area contributed by atoms with Crippen molar-refractivity contribution in [2.24, 2.45) is 0 Å². The van der Waals surface area contributed by atoms with E-state index in [2.05, 4.69) is 30.7 Å². The van der Waals surface area contributed by atoms with Gasteiger partial charge < -0.3 is 4.98 Å². The average Bonchev–Trinajstić information content (AvgIpc) is 2.47. The molecule has 0 saturated carbocycles. The maximum absolute atomic E-state index is 11.6. The van der Waals surface area contributed by atoms with Gasteiger partial charge in [0.1, 0.15) is 4.83 Å². The van der Waals surface area contributed by atoms with Crippen LogP contribution in [-0.4, -0.2) is 9.97 Å². The molecule has 2 aromatic heterocycles. The van der Waals surface area contributed by atoms with E-state index in [1.807, 2.05) is 5.38 Å². The number of fused-ring (bicyclic) bond motifs is 1. The van der Waals surface area contributed by atoms with Crippen molar-refractivity contribution >= 4 is 21.6 Å². The van der Waals surface area contributed by atoms with Gasteiger partial charge in [-0.15, -0.1) is 11.3 Å². The van der Waals surface area contributed by atoms with Crippen molar-refractivity contribution in [1.29, 1.82) is 0 Å². The topological polar surface area (TPSA) is 45.8 Å². The highest BCUT2D eigenvalue weighted by Gasteiger charge is 2.20. The minimum atomic E-state index is -0.0406. The lowest BCUT2D eigenvalue weighted by Gasteiger charge is -2.16. The Morgan fingerprint density at radius 2 is 2.14 bits per heavy atom. The van der Waals surface area contributed by atoms with Gasteiger partial charge in [-0.25, -0.2) is 4.98 Å². The van der Waals surface area contributed by atoms with Crippen molar-refractivity contribution < 1.29 is 0 Å². The SMILES string of the molecule is CC(C)(C)c1csc2nc[nH]c(=O)c12. The molecular weight excluding hydrogens is 196 g/mol. The second-order valence-electron chi connectivity index (χ2n) is 4.31. The first kappa shape index (κ1) is 9.40. The molecule has 0 spiro atoms. The average molecular weight is 208 g/mol. The Kier molecular flexibility index (Phi) is 1.96. The van der Waals surface area contributed by atoms with E-state index in [9.17, 15) is 4.79 Å². The van der Waals surface area contributed by atoms with Crippen LogP contribution in [0, 0.1) is 0 Å². The van der Waals surface area contributed by atoms with E-state index in [0.717, 1.165) is 15.8 Å². The fourth-order valence-electron chi connectivity index (χ4n) is 1.44. The molecule has 3 nitrogen and oxygen atoms in total. The molecule has 74 valence electrons. The molecule has 0 radical (unpaired) electrons. The molecular formula is C10H12N2OS. The molecule has 2 heterocycles. The normalized spacial score (nSPS) is 12.2. The van der Waals surface area contributed by atoms with E-state index in [1.165, 1.54) is 17.7 Å². The first-order chi connectivity index (χ1) is 6.50. The highest BCUT2D eigenvalue weighted by molar-refractivity contribution is 7.16. The van der Waals surface area contributed by atoms with Crippen LogP contribution in [-0.2, 0) is 5.41 Å². The number of hydrogen-bond donors (Lipinski definition) is 1. The van der Waals surface area contributed by atoms with Gasteiger partial charge >= 0.3 is 0 Å². The predicted molar refractivity (Wildman–Crippen MR) is 58.9 cm³/mol. The minimum Gasteiger partial charge on any atom is -0.313 e. The van der Waals surface area contributed by atoms with Gasteiger partial charge in [-0.05, 0) is 16.4 Å². The number of hydrogen-bond acceptors (Lipinski definition) is 3. The van der Waals surface area contributed by atoms with Crippen LogP contribution in [0.15, 0.2) is 16.5 Å². The van der Waals surface area contributed by atoms with E-state index in [4.69, 9.17) is 0 Å². The van der Waals surface area contributed by atoms with Gasteiger partial charge in [0.2, 0.25) is 0 Å². The molecule has 0 fully saturated rings. The summed E-state index contributed by atoms with van der Waals surface area (Å²) in [6, 6.07) is 0. The van der Waals surface area contributed by atoms with Crippen molar-refractivity contribution in [3.05, 3.63) is 27.6 Å². The summed E-state index contributed by atoms with van der Waals surface area (Å²) in [5.41, 5.74) is 1.03. The molecule has 0 unspecified atom stereocenters. The highest BCUT2D eigenvalue weighted by atomic mass is 32.1. The van der Waals surface area contributed by atoms with Gasteiger partial charge in [0.05, 0.1) is 11.7 Å². The van der Waals surface area contributed by atoms with E-state index in [-0.39, 0.29) is 11.0 Å². The maximum atomic E-state index is 11.6. The van der Waals surface area contributed by atoms with Crippen molar-refractivity contribution in [2.75, 3.05) is 0 Å². The van der Waals surface area contributed by atoms with Crippen LogP contribution in [0.4, 0.5) is 0 Å². The zero-order valence-corrected chi connectivity index (χ0v) is 9.23. The maximum Gasteiger partial charge on any atom is 0.259 e. The van der Waals surface area contributed by atoms with E-state index in [0.29, 0.717) is 0 Å². The molecule has 0 aliphatic heterocycles. The van der Waals surface area contributed by atoms with Crippen molar-refractivity contribution in [2.45, 2.75) is 26.2 Å². The fourth-order valence-corrected chi connectivity index (χ4v) is 2.57. The standard InChI is InChI=1S/C10H12N2OS/c1-10(2,3)6-4-14-9-7(6)8(13)11-5-12-9/h4-5H,1-3H3,(H,11,12,13). The van der Waals surface area contributed by atoms with E-state index in [1.54, 1.807) is 0 Å². The molecule has 2 aromatic rings. The second kappa shape index (κ2) is 2.92. The predicted octanol–water partition coefficient (Wildman–Crippen LogP) is 2.28. The summed E-state index contributed by atoms with van der Waals surface area (Å²) in [6.07, 6.45) is 1.45. The summed E-state index contributed by atoms with van der Waals surface area (Å²) in [5.74, 6) is 0. The molecule has 0 aliphatic rings. The Morgan fingerprint density at radius 1 is 1.43 bits per heavy atom. The van der Waals surface area contributed by atoms with Crippen LogP contribution in [0.5, 0.6) is 0 Å². The lowest BCUT2D eigenvalue weighted by molar-refractivity contribution is 0.597. The van der Waals surface area contributed by atoms with Crippen LogP contribution in [0.1, 0.15) is 26.3 Å². The Balaban J connectivity index is 2.87. The zero-order valence-electron chi connectivity index (χ0n) is 8.42. The number of H-pyrrole nitrogens is 1. The lowest BCUT2D eigenvalue weighted by Crippen LogP contribution is -2.15. The molecule has 2 rings (SSSR count). The number of nitrogens with one attached hydrogen (secondary N) is 1. The van der Waals surface area contributed by atoms with Crippen molar-refractivity contribution in [3.63, 3.8) is 0 Å². The van der Waals surface area contributed by atoms with Crippen LogP contribution in [0.25, 0.3) is 10.2 Å². The van der Waals surface area contributed by atoms with Gasteiger partial charge in [-0.2, -0.15) is 0 Å². The second-order valence-corrected chi connectivity index (χ2v) is 5.17. The molecule has 0 aromatic carbocycles. The van der Waals surface area contributed by atoms with Crippen LogP contribution >= 0.6 is 11.3 Å². The van der Waals surface area contributed by atoms with Crippen molar-refractivity contribution in [3.8, 4) is 0 Å². The van der Waals surface area contributed by atoms with Gasteiger partial charge in [0.25, 0.3) is 5.56 Å². The number of rotatable bonds is 0. The highest BCUT2D eigenvalue weighted by Crippen LogP contribution is 2.31. The first-order valence-electron chi connectivity index (χ1n) is 4.45. The largest absolute Gasteiger partial charge is 0.313 e. The molecule has 0 aliphatic carbocycles. The number of nitrogens with zero attached hydrogens (tertiary/aromatic N) is 1. The third-order valence-corrected chi connectivity index (χ3v) is 3.07. The van der Waals surface area contributed by atoms with Crippen LogP contribution in [0.2, 0.25) is 0 Å². The monoisotopic (exact) mass is 208 g/mol. The Labute approximate surface area is 85.8 Å².